The van der Waals surface area contributed by atoms with Gasteiger partial charge in [0.15, 0.2) is 5.65 Å². The van der Waals surface area contributed by atoms with Gasteiger partial charge in [-0.25, -0.2) is 9.97 Å². The summed E-state index contributed by atoms with van der Waals surface area (Å²) in [5.41, 5.74) is 0.617. The molecule has 2 aromatic heterocycles. The van der Waals surface area contributed by atoms with Crippen molar-refractivity contribution in [2.75, 3.05) is 25.0 Å². The molecule has 24 heavy (non-hydrogen) atoms. The quantitative estimate of drug-likeness (QED) is 0.840. The molecule has 0 aromatic carbocycles. The highest BCUT2D eigenvalue weighted by atomic mass is 16.2. The van der Waals surface area contributed by atoms with Gasteiger partial charge in [0.1, 0.15) is 12.1 Å². The number of carbonyl (C=O) groups excluding carboxylic acids is 2. The number of piperidine rings is 1. The Morgan fingerprint density at radius 2 is 2.00 bits per heavy atom. The van der Waals surface area contributed by atoms with Crippen molar-refractivity contribution in [1.29, 1.82) is 0 Å². The number of hydrogen-bond acceptors (Lipinski definition) is 5. The Hall–Kier alpha value is -2.44. The summed E-state index contributed by atoms with van der Waals surface area (Å²) in [6, 6.07) is 2.06. The lowest BCUT2D eigenvalue weighted by atomic mass is 9.92. The molecule has 0 bridgehead atoms. The zero-order valence-electron chi connectivity index (χ0n) is 14.6. The molecule has 1 saturated heterocycles. The third-order valence-corrected chi connectivity index (χ3v) is 5.00. The lowest BCUT2D eigenvalue weighted by Crippen LogP contribution is -2.52. The fourth-order valence-electron chi connectivity index (χ4n) is 3.47. The van der Waals surface area contributed by atoms with E-state index >= 15 is 0 Å². The maximum Gasteiger partial charge on any atom is 0.229 e. The summed E-state index contributed by atoms with van der Waals surface area (Å²) in [6.45, 7) is 6.83. The molecule has 2 aromatic rings. The van der Waals surface area contributed by atoms with Gasteiger partial charge in [-0.2, -0.15) is 0 Å². The van der Waals surface area contributed by atoms with Crippen LogP contribution in [0.15, 0.2) is 18.6 Å². The van der Waals surface area contributed by atoms with Crippen molar-refractivity contribution in [1.82, 2.24) is 19.4 Å². The third kappa shape index (κ3) is 2.74. The zero-order chi connectivity index (χ0) is 17.4. The van der Waals surface area contributed by atoms with E-state index in [4.69, 9.17) is 0 Å². The minimum Gasteiger partial charge on any atom is -0.354 e. The van der Waals surface area contributed by atoms with Crippen molar-refractivity contribution < 1.29 is 9.59 Å². The van der Waals surface area contributed by atoms with Gasteiger partial charge in [-0.1, -0.05) is 6.92 Å². The largest absolute Gasteiger partial charge is 0.354 e. The second-order valence-electron chi connectivity index (χ2n) is 6.55. The van der Waals surface area contributed by atoms with E-state index in [1.54, 1.807) is 13.1 Å². The van der Waals surface area contributed by atoms with Crippen molar-refractivity contribution in [3.05, 3.63) is 18.6 Å². The van der Waals surface area contributed by atoms with Crippen molar-refractivity contribution in [2.24, 2.45) is 5.92 Å². The van der Waals surface area contributed by atoms with Crippen LogP contribution in [0.3, 0.4) is 0 Å². The molecule has 2 atom stereocenters. The molecular formula is C17H23N5O2. The van der Waals surface area contributed by atoms with Crippen LogP contribution in [0.5, 0.6) is 0 Å². The summed E-state index contributed by atoms with van der Waals surface area (Å²) in [5.74, 6) is 1.27. The first-order chi connectivity index (χ1) is 11.4. The third-order valence-electron chi connectivity index (χ3n) is 5.00. The molecule has 0 spiro atoms. The van der Waals surface area contributed by atoms with Crippen LogP contribution in [0.4, 0.5) is 5.82 Å². The normalized spacial score (nSPS) is 21.1. The van der Waals surface area contributed by atoms with Gasteiger partial charge in [0.25, 0.3) is 0 Å². The molecule has 128 valence electrons. The lowest BCUT2D eigenvalue weighted by Gasteiger charge is -2.42. The first kappa shape index (κ1) is 16.4. The SMILES string of the molecule is CC(=O)N1CC[C@@H](C)[C@@H](N(C)c2ncnc3c2ccn3C(C)=O)C1. The van der Waals surface area contributed by atoms with Crippen LogP contribution in [0.2, 0.25) is 0 Å². The number of carbonyl (C=O) groups is 2. The molecule has 0 radical (unpaired) electrons. The summed E-state index contributed by atoms with van der Waals surface area (Å²) >= 11 is 0. The van der Waals surface area contributed by atoms with E-state index in [0.29, 0.717) is 18.1 Å². The van der Waals surface area contributed by atoms with Gasteiger partial charge >= 0.3 is 0 Å². The van der Waals surface area contributed by atoms with Gasteiger partial charge in [0.2, 0.25) is 11.8 Å². The molecule has 7 heteroatoms. The molecule has 1 aliphatic rings. The molecule has 1 amide bonds. The van der Waals surface area contributed by atoms with Crippen molar-refractivity contribution in [3.63, 3.8) is 0 Å². The predicted octanol–water partition coefficient (Wildman–Crippen LogP) is 1.78. The summed E-state index contributed by atoms with van der Waals surface area (Å²) in [6.07, 6.45) is 4.19. The van der Waals surface area contributed by atoms with Gasteiger partial charge in [0, 0.05) is 40.2 Å². The van der Waals surface area contributed by atoms with Crippen molar-refractivity contribution >= 4 is 28.7 Å². The van der Waals surface area contributed by atoms with E-state index in [9.17, 15) is 9.59 Å². The summed E-state index contributed by atoms with van der Waals surface area (Å²) in [7, 11) is 2.00. The second kappa shape index (κ2) is 6.22. The summed E-state index contributed by atoms with van der Waals surface area (Å²) < 4.78 is 1.53. The number of amides is 1. The molecule has 7 nitrogen and oxygen atoms in total. The van der Waals surface area contributed by atoms with E-state index in [2.05, 4.69) is 21.8 Å². The Morgan fingerprint density at radius 3 is 2.67 bits per heavy atom. The number of rotatable bonds is 2. The Labute approximate surface area is 141 Å². The highest BCUT2D eigenvalue weighted by Crippen LogP contribution is 2.29. The monoisotopic (exact) mass is 329 g/mol. The van der Waals surface area contributed by atoms with E-state index in [1.165, 1.54) is 17.8 Å². The number of nitrogens with zero attached hydrogens (tertiary/aromatic N) is 5. The number of fused-ring (bicyclic) bond motifs is 1. The summed E-state index contributed by atoms with van der Waals surface area (Å²) in [5, 5.41) is 0.849. The van der Waals surface area contributed by atoms with Gasteiger partial charge in [-0.15, -0.1) is 0 Å². The van der Waals surface area contributed by atoms with E-state index in [-0.39, 0.29) is 17.9 Å². The van der Waals surface area contributed by atoms with E-state index < -0.39 is 0 Å². The second-order valence-corrected chi connectivity index (χ2v) is 6.55. The first-order valence-corrected chi connectivity index (χ1v) is 8.21. The van der Waals surface area contributed by atoms with Crippen LogP contribution in [-0.4, -0.2) is 57.4 Å². The van der Waals surface area contributed by atoms with Gasteiger partial charge in [-0.05, 0) is 18.4 Å². The molecule has 3 heterocycles. The average Bonchev–Trinajstić information content (AvgIpc) is 2.98. The molecule has 0 N–H and O–H groups in total. The Kier molecular flexibility index (Phi) is 4.26. The smallest absolute Gasteiger partial charge is 0.229 e. The fourth-order valence-corrected chi connectivity index (χ4v) is 3.47. The van der Waals surface area contributed by atoms with Crippen LogP contribution in [0, 0.1) is 5.92 Å². The minimum atomic E-state index is -0.0777. The molecule has 1 aliphatic heterocycles. The molecule has 0 aliphatic carbocycles. The number of anilines is 1. The van der Waals surface area contributed by atoms with Crippen molar-refractivity contribution in [2.45, 2.75) is 33.2 Å². The van der Waals surface area contributed by atoms with Crippen LogP contribution < -0.4 is 4.90 Å². The van der Waals surface area contributed by atoms with Crippen LogP contribution in [0.1, 0.15) is 32.0 Å². The van der Waals surface area contributed by atoms with Gasteiger partial charge in [-0.3, -0.25) is 14.2 Å². The number of hydrogen-bond donors (Lipinski definition) is 0. The predicted molar refractivity (Wildman–Crippen MR) is 92.1 cm³/mol. The fraction of sp³-hybridized carbons (Fsp3) is 0.529. The van der Waals surface area contributed by atoms with E-state index in [0.717, 1.165) is 24.2 Å². The highest BCUT2D eigenvalue weighted by Gasteiger charge is 2.31. The Morgan fingerprint density at radius 1 is 1.25 bits per heavy atom. The molecule has 0 saturated carbocycles. The number of aromatic nitrogens is 3. The van der Waals surface area contributed by atoms with Gasteiger partial charge in [0.05, 0.1) is 11.4 Å². The average molecular weight is 329 g/mol. The standard InChI is InChI=1S/C17H23N5O2/c1-11-5-7-21(12(2)23)9-15(11)20(4)16-14-6-8-22(13(3)24)17(14)19-10-18-16/h6,8,10-11,15H,5,7,9H2,1-4H3/t11-,15+/m1/s1. The highest BCUT2D eigenvalue weighted by molar-refractivity contribution is 5.94. The number of likely N-dealkylation sites (N-methyl/N-ethyl adjacent to an activating group) is 1. The summed E-state index contributed by atoms with van der Waals surface area (Å²) in [4.78, 5) is 36.2. The van der Waals surface area contributed by atoms with Gasteiger partial charge < -0.3 is 9.80 Å². The van der Waals surface area contributed by atoms with E-state index in [1.807, 2.05) is 18.0 Å². The maximum absolute atomic E-state index is 11.7. The molecule has 0 unspecified atom stereocenters. The molecule has 1 fully saturated rings. The van der Waals surface area contributed by atoms with Crippen molar-refractivity contribution in [3.8, 4) is 0 Å². The first-order valence-electron chi connectivity index (χ1n) is 8.21. The maximum atomic E-state index is 11.7. The lowest BCUT2D eigenvalue weighted by molar-refractivity contribution is -0.130. The minimum absolute atomic E-state index is 0.0777. The zero-order valence-corrected chi connectivity index (χ0v) is 14.6. The topological polar surface area (TPSA) is 71.3 Å². The molecular weight excluding hydrogens is 306 g/mol. The van der Waals surface area contributed by atoms with Crippen LogP contribution in [0.25, 0.3) is 11.0 Å². The Bertz CT molecular complexity index is 784. The Balaban J connectivity index is 1.97. The molecule has 3 rings (SSSR count). The van der Waals surface area contributed by atoms with Crippen LogP contribution in [-0.2, 0) is 4.79 Å². The number of likely N-dealkylation sites (tertiary alicyclic amines) is 1. The van der Waals surface area contributed by atoms with Crippen LogP contribution >= 0.6 is 0 Å².